The lowest BCUT2D eigenvalue weighted by molar-refractivity contribution is -0.138. The largest absolute Gasteiger partial charge is 0.458 e. The van der Waals surface area contributed by atoms with E-state index < -0.39 is 11.8 Å². The van der Waals surface area contributed by atoms with E-state index in [-0.39, 0.29) is 11.6 Å². The standard InChI is InChI=1S/C17H11ClFNO2/c18-15-9-12(5-7-16(15)19)6-8-17(21)22-11-14-3-1-13(10-20)2-4-14/h1-9H,11H2/b8-6+. The minimum absolute atomic E-state index is 0.00639. The molecule has 2 aromatic carbocycles. The van der Waals surface area contributed by atoms with Crippen LogP contribution in [0.2, 0.25) is 5.02 Å². The summed E-state index contributed by atoms with van der Waals surface area (Å²) in [6, 6.07) is 12.9. The molecule has 0 aromatic heterocycles. The van der Waals surface area contributed by atoms with Crippen LogP contribution >= 0.6 is 11.6 Å². The van der Waals surface area contributed by atoms with Gasteiger partial charge in [0, 0.05) is 6.08 Å². The molecule has 22 heavy (non-hydrogen) atoms. The molecule has 0 heterocycles. The van der Waals surface area contributed by atoms with E-state index in [0.29, 0.717) is 11.1 Å². The maximum absolute atomic E-state index is 13.0. The number of halogens is 2. The molecule has 0 saturated heterocycles. The summed E-state index contributed by atoms with van der Waals surface area (Å²) in [5.41, 5.74) is 1.93. The molecule has 0 N–H and O–H groups in total. The van der Waals surface area contributed by atoms with Gasteiger partial charge in [0.05, 0.1) is 16.7 Å². The van der Waals surface area contributed by atoms with Gasteiger partial charge in [0.25, 0.3) is 0 Å². The minimum Gasteiger partial charge on any atom is -0.458 e. The van der Waals surface area contributed by atoms with Gasteiger partial charge in [-0.05, 0) is 41.5 Å². The summed E-state index contributed by atoms with van der Waals surface area (Å²) in [4.78, 5) is 11.6. The van der Waals surface area contributed by atoms with Crippen LogP contribution < -0.4 is 0 Å². The number of nitriles is 1. The van der Waals surface area contributed by atoms with E-state index in [2.05, 4.69) is 0 Å². The van der Waals surface area contributed by atoms with E-state index in [1.807, 2.05) is 6.07 Å². The van der Waals surface area contributed by atoms with Crippen LogP contribution in [0.4, 0.5) is 4.39 Å². The van der Waals surface area contributed by atoms with Crippen LogP contribution in [-0.2, 0) is 16.1 Å². The van der Waals surface area contributed by atoms with Crippen LogP contribution in [0.1, 0.15) is 16.7 Å². The van der Waals surface area contributed by atoms with Gasteiger partial charge in [-0.3, -0.25) is 0 Å². The maximum atomic E-state index is 13.0. The van der Waals surface area contributed by atoms with Crippen molar-refractivity contribution in [3.8, 4) is 6.07 Å². The van der Waals surface area contributed by atoms with Gasteiger partial charge in [-0.1, -0.05) is 29.8 Å². The molecule has 0 fully saturated rings. The molecule has 5 heteroatoms. The van der Waals surface area contributed by atoms with Crippen molar-refractivity contribution in [3.05, 3.63) is 76.1 Å². The first-order valence-electron chi connectivity index (χ1n) is 6.37. The lowest BCUT2D eigenvalue weighted by atomic mass is 10.2. The molecule has 0 bridgehead atoms. The van der Waals surface area contributed by atoms with Crippen LogP contribution in [-0.4, -0.2) is 5.97 Å². The molecule has 2 rings (SSSR count). The number of rotatable bonds is 4. The highest BCUT2D eigenvalue weighted by atomic mass is 35.5. The van der Waals surface area contributed by atoms with Gasteiger partial charge < -0.3 is 4.74 Å². The second kappa shape index (κ2) is 7.39. The van der Waals surface area contributed by atoms with Crippen molar-refractivity contribution < 1.29 is 13.9 Å². The Bertz CT molecular complexity index is 748. The third-order valence-corrected chi connectivity index (χ3v) is 3.11. The van der Waals surface area contributed by atoms with Crippen LogP contribution in [0.3, 0.4) is 0 Å². The zero-order valence-corrected chi connectivity index (χ0v) is 12.2. The third kappa shape index (κ3) is 4.44. The van der Waals surface area contributed by atoms with Crippen LogP contribution in [0.15, 0.2) is 48.5 Å². The van der Waals surface area contributed by atoms with Crippen molar-refractivity contribution in [1.29, 1.82) is 5.26 Å². The van der Waals surface area contributed by atoms with Gasteiger partial charge in [0.2, 0.25) is 0 Å². The van der Waals surface area contributed by atoms with E-state index in [9.17, 15) is 9.18 Å². The van der Waals surface area contributed by atoms with Gasteiger partial charge >= 0.3 is 5.97 Å². The molecule has 0 atom stereocenters. The summed E-state index contributed by atoms with van der Waals surface area (Å²) in [5.74, 6) is -1.04. The predicted octanol–water partition coefficient (Wildman–Crippen LogP) is 4.11. The molecular formula is C17H11ClFNO2. The summed E-state index contributed by atoms with van der Waals surface area (Å²) in [5, 5.41) is 8.68. The molecular weight excluding hydrogens is 305 g/mol. The van der Waals surface area contributed by atoms with Crippen molar-refractivity contribution >= 4 is 23.6 Å². The number of carbonyl (C=O) groups excluding carboxylic acids is 1. The van der Waals surface area contributed by atoms with E-state index in [0.717, 1.165) is 5.56 Å². The van der Waals surface area contributed by atoms with Crippen LogP contribution in [0, 0.1) is 17.1 Å². The van der Waals surface area contributed by atoms with Crippen molar-refractivity contribution in [2.45, 2.75) is 6.61 Å². The fourth-order valence-electron chi connectivity index (χ4n) is 1.66. The van der Waals surface area contributed by atoms with Crippen molar-refractivity contribution in [3.63, 3.8) is 0 Å². The molecule has 0 aliphatic rings. The Morgan fingerprint density at radius 2 is 2.00 bits per heavy atom. The zero-order chi connectivity index (χ0) is 15.9. The van der Waals surface area contributed by atoms with Gasteiger partial charge in [0.15, 0.2) is 0 Å². The second-order valence-corrected chi connectivity index (χ2v) is 4.83. The Morgan fingerprint density at radius 3 is 2.64 bits per heavy atom. The average molecular weight is 316 g/mol. The Balaban J connectivity index is 1.90. The third-order valence-electron chi connectivity index (χ3n) is 2.82. The highest BCUT2D eigenvalue weighted by molar-refractivity contribution is 6.30. The molecule has 0 radical (unpaired) electrons. The first-order chi connectivity index (χ1) is 10.6. The highest BCUT2D eigenvalue weighted by Gasteiger charge is 2.01. The number of benzene rings is 2. The summed E-state index contributed by atoms with van der Waals surface area (Å²) in [7, 11) is 0. The minimum atomic E-state index is -0.523. The fourth-order valence-corrected chi connectivity index (χ4v) is 1.85. The Labute approximate surface area is 132 Å². The van der Waals surface area contributed by atoms with Crippen molar-refractivity contribution in [2.24, 2.45) is 0 Å². The summed E-state index contributed by atoms with van der Waals surface area (Å²) in [6.45, 7) is 0.110. The number of hydrogen-bond acceptors (Lipinski definition) is 3. The van der Waals surface area contributed by atoms with Crippen molar-refractivity contribution in [2.75, 3.05) is 0 Å². The predicted molar refractivity (Wildman–Crippen MR) is 81.4 cm³/mol. The molecule has 3 nitrogen and oxygen atoms in total. The van der Waals surface area contributed by atoms with E-state index in [1.165, 1.54) is 30.4 Å². The van der Waals surface area contributed by atoms with Crippen LogP contribution in [0.25, 0.3) is 6.08 Å². The molecule has 0 aliphatic carbocycles. The Hall–Kier alpha value is -2.64. The maximum Gasteiger partial charge on any atom is 0.331 e. The molecule has 0 saturated carbocycles. The molecule has 0 spiro atoms. The zero-order valence-electron chi connectivity index (χ0n) is 11.4. The molecule has 0 amide bonds. The van der Waals surface area contributed by atoms with E-state index in [4.69, 9.17) is 21.6 Å². The monoisotopic (exact) mass is 315 g/mol. The lowest BCUT2D eigenvalue weighted by Gasteiger charge is -2.02. The summed E-state index contributed by atoms with van der Waals surface area (Å²) < 4.78 is 18.1. The highest BCUT2D eigenvalue weighted by Crippen LogP contribution is 2.16. The number of nitrogens with zero attached hydrogens (tertiary/aromatic N) is 1. The normalized spacial score (nSPS) is 10.4. The fraction of sp³-hybridized carbons (Fsp3) is 0.0588. The number of carbonyl (C=O) groups is 1. The van der Waals surface area contributed by atoms with E-state index >= 15 is 0 Å². The van der Waals surface area contributed by atoms with Gasteiger partial charge in [-0.15, -0.1) is 0 Å². The molecule has 110 valence electrons. The molecule has 0 unspecified atom stereocenters. The lowest BCUT2D eigenvalue weighted by Crippen LogP contribution is -2.00. The summed E-state index contributed by atoms with van der Waals surface area (Å²) >= 11 is 5.65. The van der Waals surface area contributed by atoms with Crippen LogP contribution in [0.5, 0.6) is 0 Å². The van der Waals surface area contributed by atoms with Gasteiger partial charge in [-0.25, -0.2) is 9.18 Å². The second-order valence-electron chi connectivity index (χ2n) is 4.42. The molecule has 0 aliphatic heterocycles. The number of esters is 1. The topological polar surface area (TPSA) is 50.1 Å². The van der Waals surface area contributed by atoms with E-state index in [1.54, 1.807) is 24.3 Å². The number of ether oxygens (including phenoxy) is 1. The van der Waals surface area contributed by atoms with Crippen molar-refractivity contribution in [1.82, 2.24) is 0 Å². The quantitative estimate of drug-likeness (QED) is 0.630. The average Bonchev–Trinajstić information content (AvgIpc) is 2.54. The first kappa shape index (κ1) is 15.7. The first-order valence-corrected chi connectivity index (χ1v) is 6.75. The smallest absolute Gasteiger partial charge is 0.331 e. The number of hydrogen-bond donors (Lipinski definition) is 0. The Morgan fingerprint density at radius 1 is 1.27 bits per heavy atom. The van der Waals surface area contributed by atoms with Gasteiger partial charge in [-0.2, -0.15) is 5.26 Å². The SMILES string of the molecule is N#Cc1ccc(COC(=O)/C=C/c2ccc(F)c(Cl)c2)cc1. The Kier molecular flexibility index (Phi) is 5.29. The summed E-state index contributed by atoms with van der Waals surface area (Å²) in [6.07, 6.45) is 2.74. The van der Waals surface area contributed by atoms with Gasteiger partial charge in [0.1, 0.15) is 12.4 Å². The molecule has 2 aromatic rings.